The largest absolute Gasteiger partial charge is 0.337 e. The third kappa shape index (κ3) is 3.70. The van der Waals surface area contributed by atoms with Gasteiger partial charge in [-0.2, -0.15) is 5.10 Å². The van der Waals surface area contributed by atoms with Gasteiger partial charge in [0.15, 0.2) is 5.69 Å². The summed E-state index contributed by atoms with van der Waals surface area (Å²) >= 11 is 0. The number of likely N-dealkylation sites (tertiary alicyclic amines) is 1. The predicted molar refractivity (Wildman–Crippen MR) is 87.6 cm³/mol. The van der Waals surface area contributed by atoms with Gasteiger partial charge >= 0.3 is 0 Å². The Kier molecular flexibility index (Phi) is 4.36. The van der Waals surface area contributed by atoms with Gasteiger partial charge in [-0.05, 0) is 24.8 Å². The summed E-state index contributed by atoms with van der Waals surface area (Å²) in [6.45, 7) is 1.59. The highest BCUT2D eigenvalue weighted by molar-refractivity contribution is 7.88. The molecule has 3 rings (SSSR count). The fourth-order valence-electron chi connectivity index (χ4n) is 2.96. The zero-order valence-corrected chi connectivity index (χ0v) is 13.8. The number of amides is 1. The molecule has 0 bridgehead atoms. The maximum Gasteiger partial charge on any atom is 0.275 e. The molecule has 1 aliphatic heterocycles. The van der Waals surface area contributed by atoms with E-state index in [9.17, 15) is 13.2 Å². The summed E-state index contributed by atoms with van der Waals surface area (Å²) in [5.41, 5.74) is 1.26. The Hall–Kier alpha value is -1.93. The lowest BCUT2D eigenvalue weighted by atomic mass is 9.98. The van der Waals surface area contributed by atoms with Crippen molar-refractivity contribution < 1.29 is 13.2 Å². The van der Waals surface area contributed by atoms with Crippen molar-refractivity contribution in [2.75, 3.05) is 25.9 Å². The van der Waals surface area contributed by atoms with Crippen molar-refractivity contribution >= 4 is 26.8 Å². The number of fused-ring (bicyclic) bond motifs is 1. The Morgan fingerprint density at radius 1 is 1.43 bits per heavy atom. The number of nitrogens with one attached hydrogen (secondary N) is 2. The minimum atomic E-state index is -3.20. The number of H-pyrrole nitrogens is 1. The van der Waals surface area contributed by atoms with Gasteiger partial charge in [0.05, 0.1) is 11.8 Å². The van der Waals surface area contributed by atoms with Crippen molar-refractivity contribution in [3.05, 3.63) is 30.0 Å². The van der Waals surface area contributed by atoms with Crippen molar-refractivity contribution in [1.29, 1.82) is 0 Å². The minimum Gasteiger partial charge on any atom is -0.337 e. The zero-order valence-electron chi connectivity index (χ0n) is 12.9. The molecule has 7 nitrogen and oxygen atoms in total. The standard InChI is InChI=1S/C15H20N4O3S/c1-23(21,22)16-9-11-5-4-8-19(10-11)15(20)14-12-6-2-3-7-13(12)17-18-14/h2-3,6-7,11,16H,4-5,8-10H2,1H3,(H,17,18)/t11-/m1/s1. The number of piperidine rings is 1. The van der Waals surface area contributed by atoms with E-state index < -0.39 is 10.0 Å². The van der Waals surface area contributed by atoms with Gasteiger partial charge in [-0.25, -0.2) is 13.1 Å². The van der Waals surface area contributed by atoms with Gasteiger partial charge in [0.25, 0.3) is 5.91 Å². The van der Waals surface area contributed by atoms with E-state index in [0.717, 1.165) is 30.0 Å². The first-order valence-corrected chi connectivity index (χ1v) is 9.50. The van der Waals surface area contributed by atoms with Crippen molar-refractivity contribution in [2.24, 2.45) is 5.92 Å². The number of rotatable bonds is 4. The van der Waals surface area contributed by atoms with Crippen LogP contribution in [0.5, 0.6) is 0 Å². The number of para-hydroxylation sites is 1. The number of benzene rings is 1. The fraction of sp³-hybridized carbons (Fsp3) is 0.467. The van der Waals surface area contributed by atoms with Crippen LogP contribution >= 0.6 is 0 Å². The first-order valence-electron chi connectivity index (χ1n) is 7.61. The molecule has 2 heterocycles. The van der Waals surface area contributed by atoms with E-state index in [4.69, 9.17) is 0 Å². The highest BCUT2D eigenvalue weighted by Crippen LogP contribution is 2.21. The number of aromatic amines is 1. The van der Waals surface area contributed by atoms with Gasteiger partial charge in [0.1, 0.15) is 0 Å². The van der Waals surface area contributed by atoms with Gasteiger partial charge < -0.3 is 4.90 Å². The second kappa shape index (κ2) is 6.29. The molecular weight excluding hydrogens is 316 g/mol. The van der Waals surface area contributed by atoms with E-state index in [1.807, 2.05) is 24.3 Å². The van der Waals surface area contributed by atoms with Crippen LogP contribution in [0.15, 0.2) is 24.3 Å². The van der Waals surface area contributed by atoms with Gasteiger partial charge in [0, 0.05) is 25.0 Å². The zero-order chi connectivity index (χ0) is 16.4. The van der Waals surface area contributed by atoms with Gasteiger partial charge in [-0.15, -0.1) is 0 Å². The molecule has 1 aromatic carbocycles. The Morgan fingerprint density at radius 3 is 3.00 bits per heavy atom. The van der Waals surface area contributed by atoms with Crippen LogP contribution < -0.4 is 4.72 Å². The molecule has 0 saturated carbocycles. The first kappa shape index (κ1) is 15.9. The number of hydrogen-bond donors (Lipinski definition) is 2. The Balaban J connectivity index is 1.72. The quantitative estimate of drug-likeness (QED) is 0.869. The fourth-order valence-corrected chi connectivity index (χ4v) is 3.50. The van der Waals surface area contributed by atoms with Gasteiger partial charge in [0.2, 0.25) is 10.0 Å². The number of nitrogens with zero attached hydrogens (tertiary/aromatic N) is 2. The number of aromatic nitrogens is 2. The van der Waals surface area contributed by atoms with Crippen LogP contribution in [-0.2, 0) is 10.0 Å². The topological polar surface area (TPSA) is 95.2 Å². The normalized spacial score (nSPS) is 19.2. The highest BCUT2D eigenvalue weighted by atomic mass is 32.2. The lowest BCUT2D eigenvalue weighted by Gasteiger charge is -2.32. The number of carbonyl (C=O) groups excluding carboxylic acids is 1. The Morgan fingerprint density at radius 2 is 2.22 bits per heavy atom. The van der Waals surface area contributed by atoms with Crippen LogP contribution in [0.25, 0.3) is 10.9 Å². The first-order chi connectivity index (χ1) is 10.9. The SMILES string of the molecule is CS(=O)(=O)NC[C@H]1CCCN(C(=O)c2n[nH]c3ccccc23)C1. The molecule has 1 amide bonds. The van der Waals surface area contributed by atoms with Gasteiger partial charge in [-0.1, -0.05) is 18.2 Å². The lowest BCUT2D eigenvalue weighted by molar-refractivity contribution is 0.0672. The van der Waals surface area contributed by atoms with Crippen molar-refractivity contribution in [3.8, 4) is 0 Å². The molecular formula is C15H20N4O3S. The predicted octanol–water partition coefficient (Wildman–Crippen LogP) is 0.964. The van der Waals surface area contributed by atoms with Crippen molar-refractivity contribution in [2.45, 2.75) is 12.8 Å². The van der Waals surface area contributed by atoms with Crippen LogP contribution in [0.4, 0.5) is 0 Å². The van der Waals surface area contributed by atoms with E-state index in [2.05, 4.69) is 14.9 Å². The van der Waals surface area contributed by atoms with E-state index in [1.165, 1.54) is 0 Å². The van der Waals surface area contributed by atoms with E-state index in [-0.39, 0.29) is 11.8 Å². The molecule has 0 spiro atoms. The summed E-state index contributed by atoms with van der Waals surface area (Å²) in [6, 6.07) is 7.53. The maximum atomic E-state index is 12.7. The number of hydrogen-bond acceptors (Lipinski definition) is 4. The average Bonchev–Trinajstić information content (AvgIpc) is 2.96. The molecule has 1 atom stereocenters. The second-order valence-electron chi connectivity index (χ2n) is 6.00. The molecule has 8 heteroatoms. The third-order valence-corrected chi connectivity index (χ3v) is 4.80. The van der Waals surface area contributed by atoms with Crippen LogP contribution in [0.1, 0.15) is 23.3 Å². The Labute approximate surface area is 135 Å². The van der Waals surface area contributed by atoms with E-state index in [0.29, 0.717) is 25.3 Å². The Bertz CT molecular complexity index is 815. The van der Waals surface area contributed by atoms with Crippen LogP contribution in [0.2, 0.25) is 0 Å². The lowest BCUT2D eigenvalue weighted by Crippen LogP contribution is -2.43. The molecule has 124 valence electrons. The van der Waals surface area contributed by atoms with Crippen molar-refractivity contribution in [1.82, 2.24) is 19.8 Å². The molecule has 1 aromatic heterocycles. The minimum absolute atomic E-state index is 0.105. The molecule has 1 fully saturated rings. The number of carbonyl (C=O) groups is 1. The third-order valence-electron chi connectivity index (χ3n) is 4.11. The molecule has 0 unspecified atom stereocenters. The highest BCUT2D eigenvalue weighted by Gasteiger charge is 2.27. The molecule has 2 aromatic rings. The van der Waals surface area contributed by atoms with E-state index in [1.54, 1.807) is 4.90 Å². The summed E-state index contributed by atoms with van der Waals surface area (Å²) in [4.78, 5) is 14.5. The second-order valence-corrected chi connectivity index (χ2v) is 7.83. The molecule has 1 aliphatic rings. The van der Waals surface area contributed by atoms with Crippen LogP contribution in [0.3, 0.4) is 0 Å². The van der Waals surface area contributed by atoms with E-state index >= 15 is 0 Å². The molecule has 23 heavy (non-hydrogen) atoms. The average molecular weight is 336 g/mol. The molecule has 0 radical (unpaired) electrons. The summed E-state index contributed by atoms with van der Waals surface area (Å²) in [5.74, 6) is 0.0270. The molecule has 0 aliphatic carbocycles. The van der Waals surface area contributed by atoms with Crippen LogP contribution in [-0.4, -0.2) is 55.3 Å². The molecule has 1 saturated heterocycles. The summed E-state index contributed by atoms with van der Waals surface area (Å²) < 4.78 is 25.0. The number of sulfonamides is 1. The molecule has 2 N–H and O–H groups in total. The summed E-state index contributed by atoms with van der Waals surface area (Å²) in [6.07, 6.45) is 2.92. The smallest absolute Gasteiger partial charge is 0.275 e. The van der Waals surface area contributed by atoms with Crippen molar-refractivity contribution in [3.63, 3.8) is 0 Å². The van der Waals surface area contributed by atoms with Gasteiger partial charge in [-0.3, -0.25) is 9.89 Å². The summed E-state index contributed by atoms with van der Waals surface area (Å²) in [7, 11) is -3.20. The summed E-state index contributed by atoms with van der Waals surface area (Å²) in [5, 5.41) is 7.84. The van der Waals surface area contributed by atoms with Crippen LogP contribution in [0, 0.1) is 5.92 Å². The maximum absolute atomic E-state index is 12.7. The monoisotopic (exact) mass is 336 g/mol.